The maximum atomic E-state index is 13.7. The number of rotatable bonds is 13. The van der Waals surface area contributed by atoms with E-state index in [9.17, 15) is 28.8 Å². The maximum absolute atomic E-state index is 13.7. The van der Waals surface area contributed by atoms with E-state index in [-0.39, 0.29) is 54.6 Å². The molecule has 2 N–H and O–H groups in total. The van der Waals surface area contributed by atoms with Gasteiger partial charge >= 0.3 is 0 Å². The quantitative estimate of drug-likeness (QED) is 0.298. The third-order valence-corrected chi connectivity index (χ3v) is 6.83. The fourth-order valence-electron chi connectivity index (χ4n) is 4.22. The summed E-state index contributed by atoms with van der Waals surface area (Å²) in [5.41, 5.74) is -3.45. The van der Waals surface area contributed by atoms with Crippen LogP contribution in [0.25, 0.3) is 0 Å². The van der Waals surface area contributed by atoms with Gasteiger partial charge in [-0.05, 0) is 20.8 Å². The van der Waals surface area contributed by atoms with Crippen LogP contribution in [0.5, 0.6) is 0 Å². The largest absolute Gasteiger partial charge is 0.346 e. The van der Waals surface area contributed by atoms with Crippen molar-refractivity contribution in [3.8, 4) is 0 Å². The second kappa shape index (κ2) is 13.8. The number of Topliss-reactive ketones (excluding diaryl/α,β-unsaturated/α-hetero) is 5. The van der Waals surface area contributed by atoms with Crippen LogP contribution >= 0.6 is 0 Å². The van der Waals surface area contributed by atoms with Gasteiger partial charge in [-0.1, -0.05) is 83.1 Å². The van der Waals surface area contributed by atoms with Gasteiger partial charge in [0, 0.05) is 58.8 Å². The first-order valence-electron chi connectivity index (χ1n) is 14.7. The van der Waals surface area contributed by atoms with Crippen LogP contribution in [0.1, 0.15) is 130 Å². The molecule has 0 aliphatic heterocycles. The molecule has 0 bridgehead atoms. The van der Waals surface area contributed by atoms with Gasteiger partial charge in [0.15, 0.2) is 11.6 Å². The molecule has 0 aromatic carbocycles. The van der Waals surface area contributed by atoms with Crippen LogP contribution < -0.4 is 10.6 Å². The second-order valence-corrected chi connectivity index (χ2v) is 16.6. The highest BCUT2D eigenvalue weighted by Crippen LogP contribution is 2.29. The van der Waals surface area contributed by atoms with E-state index in [2.05, 4.69) is 10.6 Å². The summed E-state index contributed by atoms with van der Waals surface area (Å²) in [5.74, 6) is -2.45. The molecule has 41 heavy (non-hydrogen) atoms. The molecule has 0 spiro atoms. The fourth-order valence-corrected chi connectivity index (χ4v) is 4.22. The zero-order chi connectivity index (χ0) is 32.9. The molecule has 3 unspecified atom stereocenters. The van der Waals surface area contributed by atoms with Gasteiger partial charge in [-0.15, -0.1) is 0 Å². The lowest BCUT2D eigenvalue weighted by molar-refractivity contribution is -0.139. The van der Waals surface area contributed by atoms with E-state index in [0.29, 0.717) is 0 Å². The topological polar surface area (TPSA) is 126 Å². The third kappa shape index (κ3) is 14.0. The van der Waals surface area contributed by atoms with E-state index in [4.69, 9.17) is 0 Å². The lowest BCUT2D eigenvalue weighted by Gasteiger charge is -2.31. The second-order valence-electron chi connectivity index (χ2n) is 16.6. The standard InChI is InChI=1S/C33H58N2O6/c1-29(2,3)24(37)17-20(27(40)31(7,8)9)16-23(36)21(35-33(13,14)15)19-26(39)34-22(28(41)32(10,11)12)18-25(38)30(4,5)6/h20-22,35H,16-19H2,1-15H3,(H,34,39). The summed E-state index contributed by atoms with van der Waals surface area (Å²) in [6.07, 6.45) is -0.673. The Morgan fingerprint density at radius 1 is 0.488 bits per heavy atom. The molecule has 0 aliphatic carbocycles. The zero-order valence-electron chi connectivity index (χ0n) is 28.5. The summed E-state index contributed by atoms with van der Waals surface area (Å²) in [6.45, 7) is 26.7. The van der Waals surface area contributed by atoms with Crippen LogP contribution in [0.4, 0.5) is 0 Å². The van der Waals surface area contributed by atoms with E-state index < -0.39 is 51.1 Å². The van der Waals surface area contributed by atoms with Crippen molar-refractivity contribution in [1.82, 2.24) is 10.6 Å². The molecule has 0 saturated carbocycles. The number of carbonyl (C=O) groups excluding carboxylic acids is 6. The van der Waals surface area contributed by atoms with Crippen LogP contribution in [-0.4, -0.2) is 52.4 Å². The first-order chi connectivity index (χ1) is 18.0. The molecule has 3 atom stereocenters. The molecular formula is C33H58N2O6. The summed E-state index contributed by atoms with van der Waals surface area (Å²) in [6, 6.07) is -1.99. The Kier molecular flexibility index (Phi) is 13.1. The monoisotopic (exact) mass is 578 g/mol. The van der Waals surface area contributed by atoms with Crippen molar-refractivity contribution >= 4 is 34.8 Å². The minimum Gasteiger partial charge on any atom is -0.346 e. The van der Waals surface area contributed by atoms with Gasteiger partial charge in [0.2, 0.25) is 5.91 Å². The Morgan fingerprint density at radius 3 is 1.27 bits per heavy atom. The van der Waals surface area contributed by atoms with Crippen molar-refractivity contribution in [2.75, 3.05) is 0 Å². The zero-order valence-corrected chi connectivity index (χ0v) is 28.5. The molecule has 0 rings (SSSR count). The molecule has 0 fully saturated rings. The van der Waals surface area contributed by atoms with E-state index in [1.807, 2.05) is 20.8 Å². The average molecular weight is 579 g/mol. The number of ketones is 5. The fraction of sp³-hybridized carbons (Fsp3) is 0.818. The highest BCUT2D eigenvalue weighted by atomic mass is 16.2. The van der Waals surface area contributed by atoms with E-state index in [1.54, 1.807) is 83.1 Å². The predicted octanol–water partition coefficient (Wildman–Crippen LogP) is 5.43. The van der Waals surface area contributed by atoms with Crippen molar-refractivity contribution < 1.29 is 28.8 Å². The Labute approximate surface area is 248 Å². The molecule has 0 aliphatic rings. The van der Waals surface area contributed by atoms with Gasteiger partial charge in [0.25, 0.3) is 0 Å². The van der Waals surface area contributed by atoms with Crippen molar-refractivity contribution in [2.24, 2.45) is 27.6 Å². The molecule has 0 saturated heterocycles. The van der Waals surface area contributed by atoms with E-state index in [0.717, 1.165) is 0 Å². The summed E-state index contributed by atoms with van der Waals surface area (Å²) in [4.78, 5) is 79.2. The third-order valence-electron chi connectivity index (χ3n) is 6.83. The molecule has 0 radical (unpaired) electrons. The molecule has 1 amide bonds. The summed E-state index contributed by atoms with van der Waals surface area (Å²) in [7, 11) is 0. The van der Waals surface area contributed by atoms with Gasteiger partial charge in [0.1, 0.15) is 17.3 Å². The van der Waals surface area contributed by atoms with E-state index >= 15 is 0 Å². The smallest absolute Gasteiger partial charge is 0.222 e. The Balaban J connectivity index is 6.18. The molecule has 8 heteroatoms. The number of hydrogen-bond acceptors (Lipinski definition) is 7. The Hall–Kier alpha value is -2.22. The van der Waals surface area contributed by atoms with Gasteiger partial charge in [-0.25, -0.2) is 0 Å². The van der Waals surface area contributed by atoms with Crippen molar-refractivity contribution in [3.05, 3.63) is 0 Å². The molecular weight excluding hydrogens is 520 g/mol. The number of carbonyl (C=O) groups is 6. The van der Waals surface area contributed by atoms with Gasteiger partial charge < -0.3 is 10.6 Å². The van der Waals surface area contributed by atoms with Crippen LogP contribution in [0, 0.1) is 27.6 Å². The van der Waals surface area contributed by atoms with E-state index in [1.165, 1.54) is 0 Å². The molecule has 0 heterocycles. The number of nitrogens with one attached hydrogen (secondary N) is 2. The maximum Gasteiger partial charge on any atom is 0.222 e. The number of hydrogen-bond donors (Lipinski definition) is 2. The van der Waals surface area contributed by atoms with Crippen LogP contribution in [-0.2, 0) is 28.8 Å². The Morgan fingerprint density at radius 2 is 0.902 bits per heavy atom. The van der Waals surface area contributed by atoms with Gasteiger partial charge in [-0.3, -0.25) is 28.8 Å². The molecule has 8 nitrogen and oxygen atoms in total. The lowest BCUT2D eigenvalue weighted by Crippen LogP contribution is -2.53. The highest BCUT2D eigenvalue weighted by molar-refractivity contribution is 5.99. The molecule has 0 aromatic rings. The first kappa shape index (κ1) is 38.8. The lowest BCUT2D eigenvalue weighted by atomic mass is 9.75. The van der Waals surface area contributed by atoms with Crippen LogP contribution in [0.15, 0.2) is 0 Å². The van der Waals surface area contributed by atoms with Crippen molar-refractivity contribution in [3.63, 3.8) is 0 Å². The van der Waals surface area contributed by atoms with Crippen LogP contribution in [0.2, 0.25) is 0 Å². The van der Waals surface area contributed by atoms with Gasteiger partial charge in [-0.2, -0.15) is 0 Å². The summed E-state index contributed by atoms with van der Waals surface area (Å²) >= 11 is 0. The number of amides is 1. The average Bonchev–Trinajstić information content (AvgIpc) is 2.72. The summed E-state index contributed by atoms with van der Waals surface area (Å²) in [5, 5.41) is 5.92. The summed E-state index contributed by atoms with van der Waals surface area (Å²) < 4.78 is 0. The SMILES string of the molecule is CC(C)(C)NC(CC(=O)NC(CC(=O)C(C)(C)C)C(=O)C(C)(C)C)C(=O)CC(CC(=O)C(C)(C)C)C(=O)C(C)(C)C. The van der Waals surface area contributed by atoms with Gasteiger partial charge in [0.05, 0.1) is 12.1 Å². The normalized spacial score (nSPS) is 15.5. The first-order valence-corrected chi connectivity index (χ1v) is 14.7. The minimum absolute atomic E-state index is 0.0587. The van der Waals surface area contributed by atoms with Crippen LogP contribution in [0.3, 0.4) is 0 Å². The Bertz CT molecular complexity index is 991. The minimum atomic E-state index is -1.03. The molecule has 236 valence electrons. The highest BCUT2D eigenvalue weighted by Gasteiger charge is 2.39. The van der Waals surface area contributed by atoms with Crippen molar-refractivity contribution in [1.29, 1.82) is 0 Å². The van der Waals surface area contributed by atoms with Crippen molar-refractivity contribution in [2.45, 2.75) is 147 Å². The molecule has 0 aromatic heterocycles. The predicted molar refractivity (Wildman–Crippen MR) is 163 cm³/mol.